The summed E-state index contributed by atoms with van der Waals surface area (Å²) in [6.07, 6.45) is -0.682. The van der Waals surface area contributed by atoms with Gasteiger partial charge in [0.2, 0.25) is 11.8 Å². The van der Waals surface area contributed by atoms with Crippen LogP contribution in [0.1, 0.15) is 78.2 Å². The summed E-state index contributed by atoms with van der Waals surface area (Å²) >= 11 is 0. The molecule has 3 atom stereocenters. The highest BCUT2D eigenvalue weighted by molar-refractivity contribution is 5.87. The molecule has 0 fully saturated rings. The van der Waals surface area contributed by atoms with Crippen LogP contribution in [0, 0.1) is 5.41 Å². The Labute approximate surface area is 265 Å². The van der Waals surface area contributed by atoms with Gasteiger partial charge in [-0.05, 0) is 62.6 Å². The van der Waals surface area contributed by atoms with Crippen LogP contribution in [0.3, 0.4) is 0 Å². The fourth-order valence-corrected chi connectivity index (χ4v) is 4.41. The number of amides is 4. The number of carboxylic acid groups (broad SMARTS) is 4. The molecule has 0 aliphatic heterocycles. The van der Waals surface area contributed by atoms with Gasteiger partial charge in [-0.2, -0.15) is 0 Å². The Morgan fingerprint density at radius 3 is 1.65 bits per heavy atom. The van der Waals surface area contributed by atoms with Crippen LogP contribution in [0.15, 0.2) is 24.3 Å². The van der Waals surface area contributed by atoms with Gasteiger partial charge in [0.1, 0.15) is 23.9 Å². The van der Waals surface area contributed by atoms with Crippen LogP contribution in [0.2, 0.25) is 0 Å². The lowest BCUT2D eigenvalue weighted by Crippen LogP contribution is -2.51. The van der Waals surface area contributed by atoms with E-state index in [2.05, 4.69) is 16.0 Å². The van der Waals surface area contributed by atoms with Crippen molar-refractivity contribution in [1.29, 1.82) is 0 Å². The Hall–Kier alpha value is -4.89. The highest BCUT2D eigenvalue weighted by atomic mass is 16.4. The smallest absolute Gasteiger partial charge is 0.326 e. The minimum Gasteiger partial charge on any atom is -0.508 e. The second kappa shape index (κ2) is 17.6. The zero-order valence-corrected chi connectivity index (χ0v) is 26.3. The van der Waals surface area contributed by atoms with Crippen molar-refractivity contribution >= 4 is 41.7 Å². The Kier molecular flexibility index (Phi) is 14.9. The summed E-state index contributed by atoms with van der Waals surface area (Å²) in [5.41, 5.74) is -0.747. The zero-order chi connectivity index (χ0) is 35.2. The van der Waals surface area contributed by atoms with Crippen LogP contribution in [-0.4, -0.2) is 90.9 Å². The van der Waals surface area contributed by atoms with E-state index in [1.54, 1.807) is 26.0 Å². The van der Waals surface area contributed by atoms with Crippen LogP contribution >= 0.6 is 0 Å². The van der Waals surface area contributed by atoms with Crippen molar-refractivity contribution in [2.24, 2.45) is 5.41 Å². The molecule has 16 nitrogen and oxygen atoms in total. The third-order valence-electron chi connectivity index (χ3n) is 7.07. The normalized spacial score (nSPS) is 13.4. The van der Waals surface area contributed by atoms with Gasteiger partial charge in [0.25, 0.3) is 0 Å². The van der Waals surface area contributed by atoms with Gasteiger partial charge in [-0.15, -0.1) is 0 Å². The zero-order valence-electron chi connectivity index (χ0n) is 26.3. The van der Waals surface area contributed by atoms with Crippen LogP contribution in [-0.2, 0) is 35.2 Å². The number of carbonyl (C=O) groups excluding carboxylic acids is 3. The second-order valence-electron chi connectivity index (χ2n) is 12.5. The minimum absolute atomic E-state index is 0.00343. The average molecular weight is 653 g/mol. The SMILES string of the molecule is CC(C)(CCC(C)(C)NC(=O)CC[C@H](NC(=O)N[C@@H](CCC(=O)O)C(=O)O)C(=O)O)CC(=O)N[C@@H](Cc1ccc(O)cc1)C(=O)O. The summed E-state index contributed by atoms with van der Waals surface area (Å²) in [6, 6.07) is 0.563. The first-order valence-corrected chi connectivity index (χ1v) is 14.5. The van der Waals surface area contributed by atoms with Gasteiger partial charge in [0.05, 0.1) is 0 Å². The number of aromatic hydroxyl groups is 1. The Balaban J connectivity index is 2.62. The molecule has 0 spiro atoms. The summed E-state index contributed by atoms with van der Waals surface area (Å²) in [5, 5.41) is 55.8. The Morgan fingerprint density at radius 2 is 1.17 bits per heavy atom. The summed E-state index contributed by atoms with van der Waals surface area (Å²) < 4.78 is 0. The lowest BCUT2D eigenvalue weighted by Gasteiger charge is -2.32. The monoisotopic (exact) mass is 652 g/mol. The molecule has 0 saturated heterocycles. The van der Waals surface area contributed by atoms with Crippen molar-refractivity contribution < 1.29 is 59.1 Å². The molecule has 0 radical (unpaired) electrons. The average Bonchev–Trinajstić information content (AvgIpc) is 2.92. The van der Waals surface area contributed by atoms with Crippen molar-refractivity contribution in [3.05, 3.63) is 29.8 Å². The van der Waals surface area contributed by atoms with Crippen molar-refractivity contribution in [3.8, 4) is 5.75 Å². The molecule has 0 heterocycles. The van der Waals surface area contributed by atoms with Crippen molar-refractivity contribution in [3.63, 3.8) is 0 Å². The molecule has 9 N–H and O–H groups in total. The first-order chi connectivity index (χ1) is 21.2. The van der Waals surface area contributed by atoms with Crippen molar-refractivity contribution in [1.82, 2.24) is 21.3 Å². The number of phenols is 1. The number of aliphatic carboxylic acids is 4. The number of benzene rings is 1. The lowest BCUT2D eigenvalue weighted by atomic mass is 9.80. The highest BCUT2D eigenvalue weighted by Gasteiger charge is 2.30. The van der Waals surface area contributed by atoms with Gasteiger partial charge in [0.15, 0.2) is 0 Å². The molecule has 1 aromatic carbocycles. The lowest BCUT2D eigenvalue weighted by molar-refractivity contribution is -0.142. The predicted octanol–water partition coefficient (Wildman–Crippen LogP) is 1.45. The van der Waals surface area contributed by atoms with Crippen molar-refractivity contribution in [2.75, 3.05) is 0 Å². The van der Waals surface area contributed by atoms with Crippen LogP contribution < -0.4 is 21.3 Å². The standard InChI is InChI=1S/C30H44N4O12/c1-29(2,16-23(37)31-21(27(44)45)15-17-5-7-18(35)8-6-17)13-14-30(3,4)34-22(36)11-9-19(25(40)41)32-28(46)33-20(26(42)43)10-12-24(38)39/h5-8,19-21,35H,9-16H2,1-4H3,(H,31,37)(H,34,36)(H,38,39)(H,40,41)(H,42,43)(H,44,45)(H2,32,33,46)/t19-,20-,21-/m0/s1. The van der Waals surface area contributed by atoms with Gasteiger partial charge in [-0.1, -0.05) is 26.0 Å². The number of urea groups is 1. The van der Waals surface area contributed by atoms with Crippen molar-refractivity contribution in [2.45, 2.75) is 103 Å². The molecule has 1 aromatic rings. The van der Waals surface area contributed by atoms with E-state index in [0.29, 0.717) is 18.4 Å². The molecule has 0 saturated carbocycles. The largest absolute Gasteiger partial charge is 0.508 e. The molecule has 0 aromatic heterocycles. The molecule has 1 rings (SSSR count). The fourth-order valence-electron chi connectivity index (χ4n) is 4.41. The van der Waals surface area contributed by atoms with E-state index in [1.807, 2.05) is 19.2 Å². The third kappa shape index (κ3) is 15.7. The van der Waals surface area contributed by atoms with Gasteiger partial charge < -0.3 is 46.8 Å². The molecule has 0 aliphatic rings. The first-order valence-electron chi connectivity index (χ1n) is 14.5. The van der Waals surface area contributed by atoms with E-state index in [4.69, 9.17) is 10.2 Å². The number of hydrogen-bond donors (Lipinski definition) is 9. The molecule has 0 unspecified atom stereocenters. The number of hydrogen-bond acceptors (Lipinski definition) is 8. The maximum absolute atomic E-state index is 12.7. The number of carbonyl (C=O) groups is 7. The van der Waals surface area contributed by atoms with Gasteiger partial charge in [0, 0.05) is 31.2 Å². The third-order valence-corrected chi connectivity index (χ3v) is 7.07. The molecule has 16 heteroatoms. The number of nitrogens with one attached hydrogen (secondary N) is 4. The van der Waals surface area contributed by atoms with E-state index in [0.717, 1.165) is 0 Å². The van der Waals surface area contributed by atoms with E-state index in [-0.39, 0.29) is 31.4 Å². The summed E-state index contributed by atoms with van der Waals surface area (Å²) in [5.74, 6) is -6.39. The predicted molar refractivity (Wildman–Crippen MR) is 162 cm³/mol. The molecule has 46 heavy (non-hydrogen) atoms. The number of phenolic OH excluding ortho intramolecular Hbond substituents is 1. The maximum atomic E-state index is 12.7. The second-order valence-corrected chi connectivity index (χ2v) is 12.5. The van der Waals surface area contributed by atoms with E-state index < -0.39 is 83.6 Å². The summed E-state index contributed by atoms with van der Waals surface area (Å²) in [4.78, 5) is 82.9. The molecular weight excluding hydrogens is 608 g/mol. The van der Waals surface area contributed by atoms with Crippen LogP contribution in [0.5, 0.6) is 5.75 Å². The van der Waals surface area contributed by atoms with Gasteiger partial charge in [-0.3, -0.25) is 14.4 Å². The molecular formula is C30H44N4O12. The van der Waals surface area contributed by atoms with Crippen LogP contribution in [0.25, 0.3) is 0 Å². The fraction of sp³-hybridized carbons (Fsp3) is 0.567. The number of rotatable bonds is 20. The van der Waals surface area contributed by atoms with E-state index >= 15 is 0 Å². The highest BCUT2D eigenvalue weighted by Crippen LogP contribution is 2.30. The molecule has 4 amide bonds. The van der Waals surface area contributed by atoms with Crippen LogP contribution in [0.4, 0.5) is 4.79 Å². The first kappa shape index (κ1) is 39.1. The molecule has 0 aliphatic carbocycles. The van der Waals surface area contributed by atoms with Gasteiger partial charge in [-0.25, -0.2) is 19.2 Å². The van der Waals surface area contributed by atoms with E-state index in [9.17, 15) is 48.9 Å². The molecule has 0 bridgehead atoms. The Bertz CT molecular complexity index is 1260. The maximum Gasteiger partial charge on any atom is 0.326 e. The van der Waals surface area contributed by atoms with E-state index in [1.165, 1.54) is 12.1 Å². The minimum atomic E-state index is -1.56. The van der Waals surface area contributed by atoms with Gasteiger partial charge >= 0.3 is 29.9 Å². The quantitative estimate of drug-likeness (QED) is 0.0968. The topological polar surface area (TPSA) is 269 Å². The number of carboxylic acids is 4. The summed E-state index contributed by atoms with van der Waals surface area (Å²) in [7, 11) is 0. The molecule has 256 valence electrons. The summed E-state index contributed by atoms with van der Waals surface area (Å²) in [6.45, 7) is 7.13. The Morgan fingerprint density at radius 1 is 0.674 bits per heavy atom.